The van der Waals surface area contributed by atoms with E-state index in [0.29, 0.717) is 6.04 Å². The Bertz CT molecular complexity index is 299. The molecule has 88 valence electrons. The van der Waals surface area contributed by atoms with Crippen LogP contribution in [0.3, 0.4) is 0 Å². The molecule has 0 aliphatic carbocycles. The highest BCUT2D eigenvalue weighted by Gasteiger charge is 2.10. The molecule has 2 rings (SSSR count). The van der Waals surface area contributed by atoms with Gasteiger partial charge in [-0.05, 0) is 50.9 Å². The van der Waals surface area contributed by atoms with Gasteiger partial charge in [0.05, 0.1) is 0 Å². The van der Waals surface area contributed by atoms with Crippen molar-refractivity contribution in [2.75, 3.05) is 13.1 Å². The monoisotopic (exact) mass is 219 g/mol. The molecular formula is C13H21N3. The molecule has 2 N–H and O–H groups in total. The molecule has 3 nitrogen and oxygen atoms in total. The molecule has 0 radical (unpaired) electrons. The molecule has 0 amide bonds. The third kappa shape index (κ3) is 3.58. The Morgan fingerprint density at radius 3 is 3.12 bits per heavy atom. The van der Waals surface area contributed by atoms with Gasteiger partial charge in [-0.2, -0.15) is 0 Å². The van der Waals surface area contributed by atoms with E-state index in [1.54, 1.807) is 0 Å². The van der Waals surface area contributed by atoms with Crippen molar-refractivity contribution < 1.29 is 0 Å². The normalized spacial score (nSPS) is 21.7. The van der Waals surface area contributed by atoms with Crippen LogP contribution in [0.1, 0.15) is 30.5 Å². The van der Waals surface area contributed by atoms with E-state index in [4.69, 9.17) is 0 Å². The fourth-order valence-corrected chi connectivity index (χ4v) is 2.09. The van der Waals surface area contributed by atoms with Gasteiger partial charge in [-0.25, -0.2) is 0 Å². The number of nitrogens with one attached hydrogen (secondary N) is 2. The fourth-order valence-electron chi connectivity index (χ4n) is 2.09. The van der Waals surface area contributed by atoms with Crippen LogP contribution in [0, 0.1) is 6.92 Å². The Morgan fingerprint density at radius 2 is 2.31 bits per heavy atom. The maximum Gasteiger partial charge on any atom is 0.0372 e. The van der Waals surface area contributed by atoms with Crippen LogP contribution in [0.4, 0.5) is 0 Å². The summed E-state index contributed by atoms with van der Waals surface area (Å²) in [6.07, 6.45) is 5.77. The molecule has 1 aromatic heterocycles. The van der Waals surface area contributed by atoms with Gasteiger partial charge in [0.25, 0.3) is 0 Å². The van der Waals surface area contributed by atoms with E-state index in [1.807, 2.05) is 13.1 Å². The van der Waals surface area contributed by atoms with Gasteiger partial charge in [-0.3, -0.25) is 4.98 Å². The van der Waals surface area contributed by atoms with E-state index in [-0.39, 0.29) is 0 Å². The molecule has 1 fully saturated rings. The lowest BCUT2D eigenvalue weighted by Gasteiger charge is -2.15. The second-order valence-corrected chi connectivity index (χ2v) is 4.57. The number of pyridine rings is 1. The molecule has 1 atom stereocenters. The maximum absolute atomic E-state index is 4.31. The van der Waals surface area contributed by atoms with E-state index in [1.165, 1.54) is 31.4 Å². The predicted octanol–water partition coefficient (Wildman–Crippen LogP) is 1.62. The van der Waals surface area contributed by atoms with E-state index in [9.17, 15) is 0 Å². The summed E-state index contributed by atoms with van der Waals surface area (Å²) in [6, 6.07) is 4.90. The Labute approximate surface area is 97.7 Å². The van der Waals surface area contributed by atoms with Crippen molar-refractivity contribution in [3.8, 4) is 0 Å². The van der Waals surface area contributed by atoms with Crippen LogP contribution in [-0.2, 0) is 6.54 Å². The summed E-state index contributed by atoms with van der Waals surface area (Å²) >= 11 is 0. The molecule has 0 spiro atoms. The van der Waals surface area contributed by atoms with E-state index in [0.717, 1.165) is 18.8 Å². The highest BCUT2D eigenvalue weighted by Crippen LogP contribution is 2.06. The molecule has 16 heavy (non-hydrogen) atoms. The van der Waals surface area contributed by atoms with Crippen LogP contribution in [-0.4, -0.2) is 24.1 Å². The summed E-state index contributed by atoms with van der Waals surface area (Å²) in [5.41, 5.74) is 2.37. The van der Waals surface area contributed by atoms with Gasteiger partial charge in [0.1, 0.15) is 0 Å². The first-order chi connectivity index (χ1) is 7.84. The fraction of sp³-hybridized carbons (Fsp3) is 0.615. The summed E-state index contributed by atoms with van der Waals surface area (Å²) < 4.78 is 0. The van der Waals surface area contributed by atoms with E-state index in [2.05, 4.69) is 27.8 Å². The zero-order valence-electron chi connectivity index (χ0n) is 10.00. The first kappa shape index (κ1) is 11.6. The van der Waals surface area contributed by atoms with Gasteiger partial charge in [-0.15, -0.1) is 0 Å². The predicted molar refractivity (Wildman–Crippen MR) is 66.3 cm³/mol. The third-order valence-corrected chi connectivity index (χ3v) is 3.14. The summed E-state index contributed by atoms with van der Waals surface area (Å²) in [4.78, 5) is 4.31. The lowest BCUT2D eigenvalue weighted by atomic mass is 10.1. The Hall–Kier alpha value is -0.930. The number of aryl methyl sites for hydroxylation is 1. The molecule has 0 bridgehead atoms. The summed E-state index contributed by atoms with van der Waals surface area (Å²) in [5, 5.41) is 7.05. The highest BCUT2D eigenvalue weighted by atomic mass is 14.9. The van der Waals surface area contributed by atoms with Gasteiger partial charge in [0.15, 0.2) is 0 Å². The minimum atomic E-state index is 0.663. The van der Waals surface area contributed by atoms with Crippen molar-refractivity contribution >= 4 is 0 Å². The second kappa shape index (κ2) is 5.97. The van der Waals surface area contributed by atoms with E-state index < -0.39 is 0 Å². The molecule has 3 heteroatoms. The van der Waals surface area contributed by atoms with Crippen molar-refractivity contribution in [2.24, 2.45) is 0 Å². The molecule has 1 aliphatic heterocycles. The van der Waals surface area contributed by atoms with E-state index >= 15 is 0 Å². The van der Waals surface area contributed by atoms with Crippen LogP contribution in [0.15, 0.2) is 18.3 Å². The molecule has 1 saturated heterocycles. The quantitative estimate of drug-likeness (QED) is 0.811. The summed E-state index contributed by atoms with van der Waals surface area (Å²) in [7, 11) is 0. The third-order valence-electron chi connectivity index (χ3n) is 3.14. The molecule has 1 aromatic rings. The number of rotatable bonds is 3. The average molecular weight is 219 g/mol. The molecule has 2 heterocycles. The Morgan fingerprint density at radius 1 is 1.38 bits per heavy atom. The topological polar surface area (TPSA) is 37.0 Å². The number of hydrogen-bond donors (Lipinski definition) is 2. The van der Waals surface area contributed by atoms with Gasteiger partial charge in [-0.1, -0.05) is 6.07 Å². The van der Waals surface area contributed by atoms with Gasteiger partial charge >= 0.3 is 0 Å². The van der Waals surface area contributed by atoms with Crippen molar-refractivity contribution in [1.29, 1.82) is 0 Å². The van der Waals surface area contributed by atoms with Crippen molar-refractivity contribution in [1.82, 2.24) is 15.6 Å². The lowest BCUT2D eigenvalue weighted by Crippen LogP contribution is -2.29. The van der Waals surface area contributed by atoms with Crippen LogP contribution in [0.2, 0.25) is 0 Å². The average Bonchev–Trinajstić information content (AvgIpc) is 2.57. The summed E-state index contributed by atoms with van der Waals surface area (Å²) in [5.74, 6) is 0. The number of aromatic nitrogens is 1. The highest BCUT2D eigenvalue weighted by molar-refractivity contribution is 5.12. The van der Waals surface area contributed by atoms with Crippen LogP contribution < -0.4 is 10.6 Å². The molecule has 0 saturated carbocycles. The van der Waals surface area contributed by atoms with Crippen molar-refractivity contribution in [3.05, 3.63) is 29.6 Å². The SMILES string of the molecule is Cc1ccc(CNC2CCCNCC2)cn1. The standard InChI is InChI=1S/C13H21N3/c1-11-4-5-12(9-15-11)10-16-13-3-2-7-14-8-6-13/h4-5,9,13-14,16H,2-3,6-8,10H2,1H3. The smallest absolute Gasteiger partial charge is 0.0372 e. The minimum absolute atomic E-state index is 0.663. The zero-order valence-corrected chi connectivity index (χ0v) is 10.00. The first-order valence-electron chi connectivity index (χ1n) is 6.20. The van der Waals surface area contributed by atoms with Crippen molar-refractivity contribution in [3.63, 3.8) is 0 Å². The molecular weight excluding hydrogens is 198 g/mol. The Balaban J connectivity index is 1.79. The molecule has 1 unspecified atom stereocenters. The number of hydrogen-bond acceptors (Lipinski definition) is 3. The lowest BCUT2D eigenvalue weighted by molar-refractivity contribution is 0.468. The minimum Gasteiger partial charge on any atom is -0.317 e. The van der Waals surface area contributed by atoms with Gasteiger partial charge in [0.2, 0.25) is 0 Å². The first-order valence-corrected chi connectivity index (χ1v) is 6.20. The Kier molecular flexibility index (Phi) is 4.31. The number of nitrogens with zero attached hydrogens (tertiary/aromatic N) is 1. The summed E-state index contributed by atoms with van der Waals surface area (Å²) in [6.45, 7) is 5.28. The van der Waals surface area contributed by atoms with Gasteiger partial charge < -0.3 is 10.6 Å². The molecule has 0 aromatic carbocycles. The van der Waals surface area contributed by atoms with Crippen LogP contribution in [0.25, 0.3) is 0 Å². The maximum atomic E-state index is 4.31. The molecule has 1 aliphatic rings. The largest absolute Gasteiger partial charge is 0.317 e. The van der Waals surface area contributed by atoms with Crippen LogP contribution in [0.5, 0.6) is 0 Å². The zero-order chi connectivity index (χ0) is 11.2. The second-order valence-electron chi connectivity index (χ2n) is 4.57. The van der Waals surface area contributed by atoms with Crippen molar-refractivity contribution in [2.45, 2.75) is 38.8 Å². The van der Waals surface area contributed by atoms with Crippen LogP contribution >= 0.6 is 0 Å². The van der Waals surface area contributed by atoms with Gasteiger partial charge in [0, 0.05) is 24.5 Å².